The van der Waals surface area contributed by atoms with Crippen LogP contribution in [0.2, 0.25) is 0 Å². The number of hydrogen-bond donors (Lipinski definition) is 0. The molecule has 172 valence electrons. The van der Waals surface area contributed by atoms with Crippen molar-refractivity contribution in [2.75, 3.05) is 5.75 Å². The number of aryl methyl sites for hydroxylation is 4. The number of ether oxygens (including phenoxy) is 1. The van der Waals surface area contributed by atoms with Gasteiger partial charge in [-0.15, -0.1) is 0 Å². The van der Waals surface area contributed by atoms with Crippen molar-refractivity contribution in [1.82, 2.24) is 10.1 Å². The predicted octanol–water partition coefficient (Wildman–Crippen LogP) is 6.14. The standard InChI is InChI=1S/C26H29N3O3S/c1-16-11-12-22(17(2)13-16)27-25-29(26(5,6)15-33-25)24(30)20-9-7-8-10-23(20)31-14-21-18(3)28-32-19(21)4/h7-13H,14-15H2,1-6H3. The molecule has 0 bridgehead atoms. The molecule has 33 heavy (non-hydrogen) atoms. The fraction of sp³-hybridized carbons (Fsp3) is 0.346. The van der Waals surface area contributed by atoms with Gasteiger partial charge in [-0.1, -0.05) is 46.7 Å². The lowest BCUT2D eigenvalue weighted by Gasteiger charge is -2.31. The molecule has 2 heterocycles. The van der Waals surface area contributed by atoms with E-state index in [0.29, 0.717) is 16.5 Å². The van der Waals surface area contributed by atoms with Gasteiger partial charge in [0.25, 0.3) is 5.91 Å². The molecule has 2 aromatic carbocycles. The molecule has 0 spiro atoms. The maximum Gasteiger partial charge on any atom is 0.264 e. The number of amidine groups is 1. The molecular formula is C26H29N3O3S. The Morgan fingerprint density at radius 1 is 1.18 bits per heavy atom. The van der Waals surface area contributed by atoms with Gasteiger partial charge in [-0.2, -0.15) is 0 Å². The number of rotatable bonds is 5. The normalized spacial score (nSPS) is 16.4. The number of hydrogen-bond acceptors (Lipinski definition) is 6. The van der Waals surface area contributed by atoms with E-state index in [1.165, 1.54) is 5.56 Å². The first kappa shape index (κ1) is 23.1. The Morgan fingerprint density at radius 3 is 2.64 bits per heavy atom. The largest absolute Gasteiger partial charge is 0.488 e. The summed E-state index contributed by atoms with van der Waals surface area (Å²) >= 11 is 1.60. The number of benzene rings is 2. The SMILES string of the molecule is Cc1ccc(N=C2SCC(C)(C)N2C(=O)c2ccccc2OCc2c(C)noc2C)c(C)c1. The third kappa shape index (κ3) is 4.69. The summed E-state index contributed by atoms with van der Waals surface area (Å²) < 4.78 is 11.3. The van der Waals surface area contributed by atoms with Crippen molar-refractivity contribution in [3.8, 4) is 5.75 Å². The zero-order chi connectivity index (χ0) is 23.8. The van der Waals surface area contributed by atoms with Crippen LogP contribution in [-0.4, -0.2) is 32.4 Å². The molecule has 0 N–H and O–H groups in total. The molecule has 7 heteroatoms. The monoisotopic (exact) mass is 463 g/mol. The molecule has 1 amide bonds. The molecule has 0 aliphatic carbocycles. The highest BCUT2D eigenvalue weighted by Gasteiger charge is 2.42. The van der Waals surface area contributed by atoms with E-state index in [1.807, 2.05) is 51.1 Å². The third-order valence-electron chi connectivity index (χ3n) is 5.79. The van der Waals surface area contributed by atoms with Gasteiger partial charge in [0.2, 0.25) is 0 Å². The molecule has 4 rings (SSSR count). The van der Waals surface area contributed by atoms with Crippen LogP contribution in [0, 0.1) is 27.7 Å². The van der Waals surface area contributed by atoms with Crippen LogP contribution in [0.25, 0.3) is 0 Å². The maximum atomic E-state index is 13.8. The van der Waals surface area contributed by atoms with Gasteiger partial charge in [-0.05, 0) is 65.3 Å². The van der Waals surface area contributed by atoms with Crippen molar-refractivity contribution in [2.45, 2.75) is 53.7 Å². The molecule has 1 aliphatic rings. The fourth-order valence-corrected chi connectivity index (χ4v) is 5.09. The summed E-state index contributed by atoms with van der Waals surface area (Å²) in [6.45, 7) is 12.3. The van der Waals surface area contributed by atoms with Crippen molar-refractivity contribution in [1.29, 1.82) is 0 Å². The second-order valence-electron chi connectivity index (χ2n) is 9.01. The van der Waals surface area contributed by atoms with Crippen LogP contribution in [0.5, 0.6) is 5.75 Å². The van der Waals surface area contributed by atoms with E-state index in [1.54, 1.807) is 22.7 Å². The first-order valence-corrected chi connectivity index (χ1v) is 11.9. The van der Waals surface area contributed by atoms with Crippen LogP contribution < -0.4 is 4.74 Å². The van der Waals surface area contributed by atoms with Gasteiger partial charge in [0, 0.05) is 5.75 Å². The number of para-hydroxylation sites is 1. The van der Waals surface area contributed by atoms with Crippen molar-refractivity contribution in [2.24, 2.45) is 4.99 Å². The summed E-state index contributed by atoms with van der Waals surface area (Å²) in [7, 11) is 0. The zero-order valence-corrected chi connectivity index (χ0v) is 20.7. The van der Waals surface area contributed by atoms with Crippen molar-refractivity contribution >= 4 is 28.5 Å². The molecule has 1 fully saturated rings. The van der Waals surface area contributed by atoms with Crippen molar-refractivity contribution in [3.63, 3.8) is 0 Å². The molecule has 0 atom stereocenters. The van der Waals surface area contributed by atoms with Crippen LogP contribution in [-0.2, 0) is 6.61 Å². The lowest BCUT2D eigenvalue weighted by Crippen LogP contribution is -2.46. The number of amides is 1. The molecule has 1 aromatic heterocycles. The first-order valence-electron chi connectivity index (χ1n) is 10.9. The van der Waals surface area contributed by atoms with E-state index in [-0.39, 0.29) is 18.1 Å². The molecule has 1 saturated heterocycles. The fourth-order valence-electron chi connectivity index (χ4n) is 3.85. The number of aromatic nitrogens is 1. The lowest BCUT2D eigenvalue weighted by atomic mass is 10.0. The summed E-state index contributed by atoms with van der Waals surface area (Å²) in [5, 5.41) is 4.69. The number of nitrogens with zero attached hydrogens (tertiary/aromatic N) is 3. The molecular weight excluding hydrogens is 434 g/mol. The topological polar surface area (TPSA) is 67.9 Å². The van der Waals surface area contributed by atoms with Crippen LogP contribution in [0.15, 0.2) is 52.0 Å². The number of carbonyl (C=O) groups is 1. The lowest BCUT2D eigenvalue weighted by molar-refractivity contribution is 0.0762. The minimum absolute atomic E-state index is 0.122. The smallest absolute Gasteiger partial charge is 0.264 e. The van der Waals surface area contributed by atoms with Crippen molar-refractivity contribution < 1.29 is 14.1 Å². The van der Waals surface area contributed by atoms with Gasteiger partial charge < -0.3 is 9.26 Å². The van der Waals surface area contributed by atoms with Gasteiger partial charge in [0.15, 0.2) is 5.17 Å². The van der Waals surface area contributed by atoms with E-state index in [9.17, 15) is 4.79 Å². The van der Waals surface area contributed by atoms with Gasteiger partial charge in [0.05, 0.1) is 28.0 Å². The average Bonchev–Trinajstić information content (AvgIpc) is 3.25. The van der Waals surface area contributed by atoms with Crippen LogP contribution >= 0.6 is 11.8 Å². The highest BCUT2D eigenvalue weighted by Crippen LogP contribution is 2.37. The Bertz CT molecular complexity index is 1210. The van der Waals surface area contributed by atoms with Crippen LogP contribution in [0.1, 0.15) is 52.3 Å². The Labute approximate surface area is 199 Å². The second kappa shape index (κ2) is 9.06. The highest BCUT2D eigenvalue weighted by molar-refractivity contribution is 8.14. The Kier molecular flexibility index (Phi) is 6.34. The van der Waals surface area contributed by atoms with Gasteiger partial charge in [-0.25, -0.2) is 4.99 Å². The Morgan fingerprint density at radius 2 is 1.94 bits per heavy atom. The quantitative estimate of drug-likeness (QED) is 0.454. The zero-order valence-electron chi connectivity index (χ0n) is 19.9. The van der Waals surface area contributed by atoms with Crippen LogP contribution in [0.4, 0.5) is 5.69 Å². The Hall–Kier alpha value is -3.06. The molecule has 6 nitrogen and oxygen atoms in total. The summed E-state index contributed by atoms with van der Waals surface area (Å²) in [6.07, 6.45) is 0. The Balaban J connectivity index is 1.66. The summed E-state index contributed by atoms with van der Waals surface area (Å²) in [5.74, 6) is 1.89. The second-order valence-corrected chi connectivity index (χ2v) is 9.96. The minimum Gasteiger partial charge on any atom is -0.488 e. The summed E-state index contributed by atoms with van der Waals surface area (Å²) in [5.41, 5.74) is 4.96. The molecule has 0 radical (unpaired) electrons. The maximum absolute atomic E-state index is 13.8. The van der Waals surface area contributed by atoms with E-state index in [2.05, 4.69) is 32.0 Å². The first-order chi connectivity index (χ1) is 15.7. The van der Waals surface area contributed by atoms with Gasteiger partial charge in [-0.3, -0.25) is 9.69 Å². The average molecular weight is 464 g/mol. The van der Waals surface area contributed by atoms with E-state index in [0.717, 1.165) is 34.0 Å². The van der Waals surface area contributed by atoms with E-state index < -0.39 is 0 Å². The molecule has 1 aliphatic heterocycles. The van der Waals surface area contributed by atoms with Gasteiger partial charge >= 0.3 is 0 Å². The summed E-state index contributed by atoms with van der Waals surface area (Å²) in [4.78, 5) is 20.5. The highest BCUT2D eigenvalue weighted by atomic mass is 32.2. The molecule has 3 aromatic rings. The summed E-state index contributed by atoms with van der Waals surface area (Å²) in [6, 6.07) is 13.5. The van der Waals surface area contributed by atoms with Gasteiger partial charge in [0.1, 0.15) is 18.1 Å². The van der Waals surface area contributed by atoms with E-state index in [4.69, 9.17) is 14.3 Å². The number of aliphatic imine (C=N–C) groups is 1. The molecule has 0 unspecified atom stereocenters. The minimum atomic E-state index is -0.381. The predicted molar refractivity (Wildman–Crippen MR) is 132 cm³/mol. The van der Waals surface area contributed by atoms with E-state index >= 15 is 0 Å². The number of carbonyl (C=O) groups excluding carboxylic acids is 1. The number of thioether (sulfide) groups is 1. The molecule has 0 saturated carbocycles. The van der Waals surface area contributed by atoms with Crippen LogP contribution in [0.3, 0.4) is 0 Å². The third-order valence-corrected chi connectivity index (χ3v) is 7.18. The van der Waals surface area contributed by atoms with Crippen molar-refractivity contribution in [3.05, 3.63) is 76.2 Å².